The van der Waals surface area contributed by atoms with Crippen LogP contribution in [0.1, 0.15) is 23.2 Å². The van der Waals surface area contributed by atoms with E-state index in [-0.39, 0.29) is 10.9 Å². The Labute approximate surface area is 94.9 Å². The van der Waals surface area contributed by atoms with Crippen LogP contribution in [0.5, 0.6) is 0 Å². The van der Waals surface area contributed by atoms with Gasteiger partial charge in [-0.2, -0.15) is 0 Å². The Morgan fingerprint density at radius 1 is 1.40 bits per heavy atom. The topological polar surface area (TPSA) is 17.1 Å². The van der Waals surface area contributed by atoms with Crippen molar-refractivity contribution in [1.82, 2.24) is 0 Å². The van der Waals surface area contributed by atoms with E-state index in [1.165, 1.54) is 6.08 Å². The van der Waals surface area contributed by atoms with Crippen LogP contribution in [0.2, 0.25) is 0 Å². The molecular formula is C11H9BrF2O. The van der Waals surface area contributed by atoms with E-state index in [2.05, 4.69) is 22.5 Å². The molecule has 0 heterocycles. The quantitative estimate of drug-likeness (QED) is 0.602. The zero-order chi connectivity index (χ0) is 11.4. The smallest absolute Gasteiger partial charge is 0.169 e. The van der Waals surface area contributed by atoms with Crippen molar-refractivity contribution in [2.24, 2.45) is 0 Å². The Bertz CT molecular complexity index is 379. The second-order valence-corrected chi connectivity index (χ2v) is 3.91. The summed E-state index contributed by atoms with van der Waals surface area (Å²) in [5, 5.41) is 0. The number of halogens is 3. The fraction of sp³-hybridized carbons (Fsp3) is 0.182. The summed E-state index contributed by atoms with van der Waals surface area (Å²) < 4.78 is 26.8. The third-order valence-corrected chi connectivity index (χ3v) is 2.32. The van der Waals surface area contributed by atoms with Crippen LogP contribution in [-0.2, 0) is 0 Å². The number of rotatable bonds is 4. The molecule has 0 aliphatic rings. The standard InChI is InChI=1S/C11H9BrF2O/c1-2-3-4-10(15)11-8(13)5-7(12)6-9(11)14/h2,5-6H,1,3-4H2. The van der Waals surface area contributed by atoms with Crippen molar-refractivity contribution in [2.45, 2.75) is 12.8 Å². The molecule has 0 amide bonds. The van der Waals surface area contributed by atoms with E-state index in [0.717, 1.165) is 12.1 Å². The van der Waals surface area contributed by atoms with Crippen LogP contribution in [0.3, 0.4) is 0 Å². The van der Waals surface area contributed by atoms with Gasteiger partial charge >= 0.3 is 0 Å². The molecule has 4 heteroatoms. The molecule has 1 aromatic rings. The first-order valence-corrected chi connectivity index (χ1v) is 5.14. The summed E-state index contributed by atoms with van der Waals surface area (Å²) in [7, 11) is 0. The number of carbonyl (C=O) groups is 1. The lowest BCUT2D eigenvalue weighted by atomic mass is 10.1. The van der Waals surface area contributed by atoms with Crippen molar-refractivity contribution >= 4 is 21.7 Å². The highest BCUT2D eigenvalue weighted by atomic mass is 79.9. The monoisotopic (exact) mass is 274 g/mol. The first-order valence-electron chi connectivity index (χ1n) is 4.35. The molecule has 80 valence electrons. The van der Waals surface area contributed by atoms with Gasteiger partial charge in [-0.25, -0.2) is 8.78 Å². The minimum atomic E-state index is -0.837. The summed E-state index contributed by atoms with van der Waals surface area (Å²) in [6.07, 6.45) is 2.01. The number of hydrogen-bond donors (Lipinski definition) is 0. The van der Waals surface area contributed by atoms with Gasteiger partial charge in [0.1, 0.15) is 11.6 Å². The number of hydrogen-bond acceptors (Lipinski definition) is 1. The normalized spacial score (nSPS) is 10.1. The molecule has 0 spiro atoms. The first kappa shape index (κ1) is 12.0. The molecule has 1 aromatic carbocycles. The number of allylic oxidation sites excluding steroid dienone is 1. The van der Waals surface area contributed by atoms with Gasteiger partial charge in [0, 0.05) is 10.9 Å². The second-order valence-electron chi connectivity index (χ2n) is 2.99. The third kappa shape index (κ3) is 2.96. The third-order valence-electron chi connectivity index (χ3n) is 1.86. The summed E-state index contributed by atoms with van der Waals surface area (Å²) >= 11 is 2.94. The number of carbonyl (C=O) groups excluding carboxylic acids is 1. The lowest BCUT2D eigenvalue weighted by molar-refractivity contribution is 0.0975. The van der Waals surface area contributed by atoms with Crippen LogP contribution in [0.25, 0.3) is 0 Å². The van der Waals surface area contributed by atoms with Gasteiger partial charge in [-0.15, -0.1) is 6.58 Å². The summed E-state index contributed by atoms with van der Waals surface area (Å²) in [5.74, 6) is -2.22. The molecule has 0 aliphatic carbocycles. The number of Topliss-reactive ketones (excluding diaryl/α,β-unsaturated/α-hetero) is 1. The Morgan fingerprint density at radius 2 is 1.93 bits per heavy atom. The van der Waals surface area contributed by atoms with Gasteiger partial charge in [0.15, 0.2) is 5.78 Å². The predicted octanol–water partition coefficient (Wildman–Crippen LogP) is 3.88. The molecule has 0 bridgehead atoms. The Morgan fingerprint density at radius 3 is 2.40 bits per heavy atom. The van der Waals surface area contributed by atoms with E-state index < -0.39 is 23.0 Å². The molecule has 1 nitrogen and oxygen atoms in total. The maximum atomic E-state index is 13.3. The average molecular weight is 275 g/mol. The van der Waals surface area contributed by atoms with E-state index in [9.17, 15) is 13.6 Å². The minimum absolute atomic E-state index is 0.0684. The molecule has 0 radical (unpaired) electrons. The largest absolute Gasteiger partial charge is 0.294 e. The van der Waals surface area contributed by atoms with Gasteiger partial charge in [-0.05, 0) is 18.6 Å². The summed E-state index contributed by atoms with van der Waals surface area (Å²) in [5.41, 5.74) is -0.472. The molecule has 0 aliphatic heterocycles. The van der Waals surface area contributed by atoms with Crippen LogP contribution >= 0.6 is 15.9 Å². The number of benzene rings is 1. The van der Waals surface area contributed by atoms with Crippen molar-refractivity contribution in [3.05, 3.63) is 46.5 Å². The SMILES string of the molecule is C=CCCC(=O)c1c(F)cc(Br)cc1F. The Hall–Kier alpha value is -1.03. The summed E-state index contributed by atoms with van der Waals surface area (Å²) in [6, 6.07) is 2.15. The lowest BCUT2D eigenvalue weighted by Gasteiger charge is -2.03. The zero-order valence-electron chi connectivity index (χ0n) is 7.90. The van der Waals surface area contributed by atoms with E-state index in [1.54, 1.807) is 0 Å². The second kappa shape index (κ2) is 5.16. The van der Waals surface area contributed by atoms with Gasteiger partial charge in [-0.3, -0.25) is 4.79 Å². The Balaban J connectivity index is 3.03. The lowest BCUT2D eigenvalue weighted by Crippen LogP contribution is -2.05. The van der Waals surface area contributed by atoms with E-state index in [4.69, 9.17) is 0 Å². The van der Waals surface area contributed by atoms with E-state index in [0.29, 0.717) is 6.42 Å². The fourth-order valence-electron chi connectivity index (χ4n) is 1.17. The van der Waals surface area contributed by atoms with Gasteiger partial charge in [0.2, 0.25) is 0 Å². The van der Waals surface area contributed by atoms with Crippen molar-refractivity contribution < 1.29 is 13.6 Å². The highest BCUT2D eigenvalue weighted by Gasteiger charge is 2.17. The van der Waals surface area contributed by atoms with Gasteiger partial charge in [-0.1, -0.05) is 22.0 Å². The van der Waals surface area contributed by atoms with Gasteiger partial charge in [0.05, 0.1) is 5.56 Å². The molecular weight excluding hydrogens is 266 g/mol. The molecule has 0 atom stereocenters. The number of ketones is 1. The van der Waals surface area contributed by atoms with Crippen molar-refractivity contribution in [3.8, 4) is 0 Å². The van der Waals surface area contributed by atoms with E-state index in [1.807, 2.05) is 0 Å². The Kier molecular flexibility index (Phi) is 4.15. The molecule has 1 rings (SSSR count). The summed E-state index contributed by atoms with van der Waals surface area (Å²) in [4.78, 5) is 11.4. The van der Waals surface area contributed by atoms with Crippen molar-refractivity contribution in [2.75, 3.05) is 0 Å². The molecule has 0 N–H and O–H groups in total. The van der Waals surface area contributed by atoms with Crippen LogP contribution in [0.15, 0.2) is 29.3 Å². The highest BCUT2D eigenvalue weighted by Crippen LogP contribution is 2.21. The van der Waals surface area contributed by atoms with E-state index >= 15 is 0 Å². The molecule has 0 unspecified atom stereocenters. The fourth-order valence-corrected chi connectivity index (χ4v) is 1.57. The first-order chi connectivity index (χ1) is 7.06. The highest BCUT2D eigenvalue weighted by molar-refractivity contribution is 9.10. The molecule has 0 aromatic heterocycles. The van der Waals surface area contributed by atoms with Gasteiger partial charge in [0.25, 0.3) is 0 Å². The summed E-state index contributed by atoms with van der Waals surface area (Å²) in [6.45, 7) is 3.44. The van der Waals surface area contributed by atoms with Crippen molar-refractivity contribution in [1.29, 1.82) is 0 Å². The molecule has 0 fully saturated rings. The van der Waals surface area contributed by atoms with Crippen LogP contribution in [0, 0.1) is 11.6 Å². The van der Waals surface area contributed by atoms with Crippen LogP contribution in [0.4, 0.5) is 8.78 Å². The van der Waals surface area contributed by atoms with Crippen molar-refractivity contribution in [3.63, 3.8) is 0 Å². The van der Waals surface area contributed by atoms with Crippen LogP contribution < -0.4 is 0 Å². The zero-order valence-corrected chi connectivity index (χ0v) is 9.48. The predicted molar refractivity (Wildman–Crippen MR) is 57.8 cm³/mol. The molecule has 0 saturated carbocycles. The van der Waals surface area contributed by atoms with Crippen LogP contribution in [-0.4, -0.2) is 5.78 Å². The average Bonchev–Trinajstić information content (AvgIpc) is 2.12. The molecule has 0 saturated heterocycles. The maximum absolute atomic E-state index is 13.3. The maximum Gasteiger partial charge on any atom is 0.169 e. The van der Waals surface area contributed by atoms with Gasteiger partial charge < -0.3 is 0 Å². The minimum Gasteiger partial charge on any atom is -0.294 e. The molecule has 15 heavy (non-hydrogen) atoms.